The third kappa shape index (κ3) is 6.18. The summed E-state index contributed by atoms with van der Waals surface area (Å²) in [6, 6.07) is 8.08. The lowest BCUT2D eigenvalue weighted by Crippen LogP contribution is -2.46. The summed E-state index contributed by atoms with van der Waals surface area (Å²) in [5.74, 6) is -0.827. The van der Waals surface area contributed by atoms with Gasteiger partial charge in [0.2, 0.25) is 5.91 Å². The predicted molar refractivity (Wildman–Crippen MR) is 136 cm³/mol. The number of nitrogens with zero attached hydrogens (tertiary/aromatic N) is 4. The molecule has 2 aromatic rings. The Labute approximate surface area is 219 Å². The fraction of sp³-hybridized carbons (Fsp3) is 0.423. The van der Waals surface area contributed by atoms with Gasteiger partial charge in [-0.25, -0.2) is 14.2 Å². The van der Waals surface area contributed by atoms with Crippen molar-refractivity contribution >= 4 is 35.4 Å². The van der Waals surface area contributed by atoms with Gasteiger partial charge >= 0.3 is 12.1 Å². The van der Waals surface area contributed by atoms with E-state index in [4.69, 9.17) is 9.47 Å². The van der Waals surface area contributed by atoms with Gasteiger partial charge in [-0.15, -0.1) is 0 Å². The molecule has 3 amide bonds. The zero-order valence-corrected chi connectivity index (χ0v) is 21.5. The Balaban J connectivity index is 1.35. The van der Waals surface area contributed by atoms with Crippen LogP contribution in [0, 0.1) is 5.82 Å². The quantitative estimate of drug-likeness (QED) is 0.545. The van der Waals surface area contributed by atoms with Crippen LogP contribution in [0.3, 0.4) is 0 Å². The largest absolute Gasteiger partial charge is 0.456 e. The number of benzene rings is 1. The zero-order chi connectivity index (χ0) is 27.4. The van der Waals surface area contributed by atoms with E-state index in [1.807, 2.05) is 6.07 Å². The van der Waals surface area contributed by atoms with Crippen LogP contribution in [0.25, 0.3) is 11.1 Å². The maximum absolute atomic E-state index is 15.1. The van der Waals surface area contributed by atoms with E-state index < -0.39 is 24.1 Å². The van der Waals surface area contributed by atoms with Gasteiger partial charge in [-0.3, -0.25) is 19.3 Å². The Hall–Kier alpha value is -4.22. The Kier molecular flexibility index (Phi) is 8.08. The van der Waals surface area contributed by atoms with E-state index in [2.05, 4.69) is 15.2 Å². The van der Waals surface area contributed by atoms with Crippen molar-refractivity contribution in [3.8, 4) is 11.1 Å². The molecule has 1 atom stereocenters. The lowest BCUT2D eigenvalue weighted by molar-refractivity contribution is -0.146. The monoisotopic (exact) mass is 527 g/mol. The normalized spacial score (nSPS) is 17.7. The molecule has 0 aliphatic carbocycles. The number of likely N-dealkylation sites (N-methyl/N-ethyl adjacent to an activating group) is 1. The Morgan fingerprint density at radius 2 is 1.92 bits per heavy atom. The molecule has 3 heterocycles. The van der Waals surface area contributed by atoms with E-state index in [0.717, 1.165) is 5.82 Å². The molecule has 1 N–H and O–H groups in total. The van der Waals surface area contributed by atoms with E-state index in [-0.39, 0.29) is 31.0 Å². The number of hydrogen-bond acceptors (Lipinski definition) is 8. The number of carbonyl (C=O) groups excluding carboxylic acids is 4. The average Bonchev–Trinajstić information content (AvgIpc) is 3.29. The van der Waals surface area contributed by atoms with E-state index in [1.54, 1.807) is 31.4 Å². The summed E-state index contributed by atoms with van der Waals surface area (Å²) < 4.78 is 25.0. The van der Waals surface area contributed by atoms with E-state index >= 15 is 4.39 Å². The standard InChI is InChI=1S/C26H30FN5O6/c1-16(33)30(3)25-14-32(26(36)38-25)20-5-6-21(22(27)12-20)18-4-7-23(28-13-18)31-10-8-19(9-11-31)29-24(35)15-37-17(2)34/h4-7,12-13,19,25H,8-11,14-15H2,1-3H3,(H,29,35)/t25-/m0/s1. The van der Waals surface area contributed by atoms with E-state index in [1.165, 1.54) is 29.7 Å². The molecule has 2 aliphatic rings. The minimum absolute atomic E-state index is 0.00720. The topological polar surface area (TPSA) is 121 Å². The lowest BCUT2D eigenvalue weighted by Gasteiger charge is -2.33. The molecule has 12 heteroatoms. The first kappa shape index (κ1) is 26.8. The van der Waals surface area contributed by atoms with E-state index in [9.17, 15) is 19.2 Å². The minimum atomic E-state index is -0.735. The summed E-state index contributed by atoms with van der Waals surface area (Å²) >= 11 is 0. The van der Waals surface area contributed by atoms with Gasteiger partial charge in [0.15, 0.2) is 12.8 Å². The third-order valence-corrected chi connectivity index (χ3v) is 6.64. The molecule has 202 valence electrons. The summed E-state index contributed by atoms with van der Waals surface area (Å²) in [6.45, 7) is 3.82. The highest BCUT2D eigenvalue weighted by Crippen LogP contribution is 2.30. The number of amides is 3. The summed E-state index contributed by atoms with van der Waals surface area (Å²) in [6.07, 6.45) is 1.65. The molecule has 2 saturated heterocycles. The summed E-state index contributed by atoms with van der Waals surface area (Å²) in [7, 11) is 1.54. The van der Waals surface area contributed by atoms with Crippen LogP contribution in [-0.4, -0.2) is 79.3 Å². The number of anilines is 2. The van der Waals surface area contributed by atoms with Crippen molar-refractivity contribution in [2.45, 2.75) is 39.0 Å². The molecule has 1 aromatic carbocycles. The highest BCUT2D eigenvalue weighted by atomic mass is 19.1. The molecular weight excluding hydrogens is 497 g/mol. The number of ether oxygens (including phenoxy) is 2. The van der Waals surface area contributed by atoms with Crippen molar-refractivity contribution in [1.82, 2.24) is 15.2 Å². The number of carbonyl (C=O) groups is 4. The third-order valence-electron chi connectivity index (χ3n) is 6.64. The molecule has 1 aromatic heterocycles. The number of pyridine rings is 1. The smallest absolute Gasteiger partial charge is 0.416 e. The van der Waals surface area contributed by atoms with Gasteiger partial charge in [0.05, 0.1) is 12.2 Å². The van der Waals surface area contributed by atoms with Crippen LogP contribution in [0.4, 0.5) is 20.7 Å². The maximum atomic E-state index is 15.1. The number of hydrogen-bond donors (Lipinski definition) is 1. The van der Waals surface area contributed by atoms with Gasteiger partial charge in [-0.05, 0) is 43.2 Å². The first-order valence-corrected chi connectivity index (χ1v) is 12.3. The fourth-order valence-electron chi connectivity index (χ4n) is 4.39. The number of esters is 1. The van der Waals surface area contributed by atoms with Gasteiger partial charge < -0.3 is 24.6 Å². The van der Waals surface area contributed by atoms with Crippen molar-refractivity contribution in [1.29, 1.82) is 0 Å². The maximum Gasteiger partial charge on any atom is 0.416 e. The van der Waals surface area contributed by atoms with Gasteiger partial charge in [-0.2, -0.15) is 0 Å². The predicted octanol–water partition coefficient (Wildman–Crippen LogP) is 2.30. The SMILES string of the molecule is CC(=O)OCC(=O)NC1CCN(c2ccc(-c3ccc(N4C[C@@H](N(C)C(C)=O)OC4=O)cc3F)cn2)CC1. The number of cyclic esters (lactones) is 1. The van der Waals surface area contributed by atoms with Crippen LogP contribution >= 0.6 is 0 Å². The summed E-state index contributed by atoms with van der Waals surface area (Å²) in [5.41, 5.74) is 1.26. The number of nitrogens with one attached hydrogen (secondary N) is 1. The van der Waals surface area contributed by atoms with E-state index in [0.29, 0.717) is 42.7 Å². The number of piperidine rings is 1. The number of aromatic nitrogens is 1. The molecule has 0 bridgehead atoms. The first-order chi connectivity index (χ1) is 18.1. The Morgan fingerprint density at radius 1 is 1.18 bits per heavy atom. The second-order valence-corrected chi connectivity index (χ2v) is 9.26. The molecule has 0 unspecified atom stereocenters. The van der Waals surface area contributed by atoms with Crippen molar-refractivity contribution in [2.75, 3.05) is 43.1 Å². The lowest BCUT2D eigenvalue weighted by atomic mass is 10.0. The molecule has 0 radical (unpaired) electrons. The Morgan fingerprint density at radius 3 is 2.53 bits per heavy atom. The van der Waals surface area contributed by atoms with Crippen LogP contribution < -0.4 is 15.1 Å². The van der Waals surface area contributed by atoms with Crippen LogP contribution in [-0.2, 0) is 23.9 Å². The highest BCUT2D eigenvalue weighted by molar-refractivity contribution is 5.90. The molecule has 38 heavy (non-hydrogen) atoms. The second-order valence-electron chi connectivity index (χ2n) is 9.26. The van der Waals surface area contributed by atoms with Gasteiger partial charge in [0.25, 0.3) is 5.91 Å². The van der Waals surface area contributed by atoms with Crippen LogP contribution in [0.15, 0.2) is 36.5 Å². The van der Waals surface area contributed by atoms with Crippen LogP contribution in [0.1, 0.15) is 26.7 Å². The van der Waals surface area contributed by atoms with Crippen molar-refractivity contribution < 1.29 is 33.0 Å². The fourth-order valence-corrected chi connectivity index (χ4v) is 4.39. The molecule has 4 rings (SSSR count). The average molecular weight is 528 g/mol. The molecular formula is C26H30FN5O6. The molecule has 2 fully saturated rings. The molecule has 11 nitrogen and oxygen atoms in total. The first-order valence-electron chi connectivity index (χ1n) is 12.3. The van der Waals surface area contributed by atoms with Crippen LogP contribution in [0.2, 0.25) is 0 Å². The summed E-state index contributed by atoms with van der Waals surface area (Å²) in [4.78, 5) is 55.8. The second kappa shape index (κ2) is 11.4. The highest BCUT2D eigenvalue weighted by Gasteiger charge is 2.36. The summed E-state index contributed by atoms with van der Waals surface area (Å²) in [5, 5.41) is 2.87. The molecule has 0 spiro atoms. The van der Waals surface area contributed by atoms with Gasteiger partial charge in [0, 0.05) is 57.4 Å². The minimum Gasteiger partial charge on any atom is -0.456 e. The zero-order valence-electron chi connectivity index (χ0n) is 21.5. The van der Waals surface area contributed by atoms with Crippen LogP contribution in [0.5, 0.6) is 0 Å². The molecule has 2 aliphatic heterocycles. The Bertz CT molecular complexity index is 1220. The number of rotatable bonds is 7. The van der Waals surface area contributed by atoms with Crippen molar-refractivity contribution in [3.63, 3.8) is 0 Å². The van der Waals surface area contributed by atoms with Crippen molar-refractivity contribution in [3.05, 3.63) is 42.3 Å². The van der Waals surface area contributed by atoms with Gasteiger partial charge in [-0.1, -0.05) is 0 Å². The molecule has 0 saturated carbocycles. The number of halogens is 1. The van der Waals surface area contributed by atoms with Gasteiger partial charge in [0.1, 0.15) is 11.6 Å². The van der Waals surface area contributed by atoms with Crippen molar-refractivity contribution in [2.24, 2.45) is 0 Å².